The molecule has 5 heteroatoms. The van der Waals surface area contributed by atoms with Gasteiger partial charge in [-0.05, 0) is 49.0 Å². The second kappa shape index (κ2) is 6.36. The second-order valence-electron chi connectivity index (χ2n) is 7.85. The summed E-state index contributed by atoms with van der Waals surface area (Å²) >= 11 is 0. The summed E-state index contributed by atoms with van der Waals surface area (Å²) in [5, 5.41) is 3.17. The van der Waals surface area contributed by atoms with Crippen LogP contribution in [0.4, 0.5) is 4.79 Å². The molecule has 1 unspecified atom stereocenters. The van der Waals surface area contributed by atoms with Crippen molar-refractivity contribution in [3.05, 3.63) is 35.9 Å². The van der Waals surface area contributed by atoms with E-state index in [0.717, 1.165) is 45.2 Å². The molecule has 0 bridgehead atoms. The molecule has 25 heavy (non-hydrogen) atoms. The van der Waals surface area contributed by atoms with E-state index in [-0.39, 0.29) is 29.4 Å². The maximum atomic E-state index is 12.5. The predicted octanol–water partition coefficient (Wildman–Crippen LogP) is 2.92. The summed E-state index contributed by atoms with van der Waals surface area (Å²) in [5.41, 5.74) is 1.48. The zero-order valence-corrected chi connectivity index (χ0v) is 14.7. The van der Waals surface area contributed by atoms with Gasteiger partial charge in [-0.2, -0.15) is 0 Å². The average molecular weight is 342 g/mol. The Bertz CT molecular complexity index is 646. The van der Waals surface area contributed by atoms with Crippen molar-refractivity contribution in [3.63, 3.8) is 0 Å². The van der Waals surface area contributed by atoms with Gasteiger partial charge < -0.3 is 15.0 Å². The van der Waals surface area contributed by atoms with E-state index in [9.17, 15) is 9.59 Å². The lowest BCUT2D eigenvalue weighted by molar-refractivity contribution is -0.143. The van der Waals surface area contributed by atoms with Crippen molar-refractivity contribution in [1.82, 2.24) is 10.2 Å². The molecule has 2 amide bonds. The van der Waals surface area contributed by atoms with Gasteiger partial charge in [0.05, 0.1) is 13.0 Å². The van der Waals surface area contributed by atoms with Crippen LogP contribution in [0, 0.1) is 11.3 Å². The first-order valence-electron chi connectivity index (χ1n) is 9.29. The van der Waals surface area contributed by atoms with E-state index < -0.39 is 0 Å². The molecule has 1 aromatic rings. The number of carbonyl (C=O) groups excluding carboxylic acids is 2. The number of likely N-dealkylation sites (tertiary alicyclic amines) is 1. The number of piperidine rings is 1. The van der Waals surface area contributed by atoms with E-state index in [2.05, 4.69) is 29.6 Å². The van der Waals surface area contributed by atoms with E-state index in [1.54, 1.807) is 0 Å². The molecule has 1 N–H and O–H groups in total. The topological polar surface area (TPSA) is 58.6 Å². The van der Waals surface area contributed by atoms with Crippen LogP contribution in [0.1, 0.15) is 43.6 Å². The SMILES string of the molecule is COC(=O)C1CC12CCN(C(=O)NC1CC(c3ccccc3)C1)CC2. The molecule has 3 fully saturated rings. The summed E-state index contributed by atoms with van der Waals surface area (Å²) in [6.07, 6.45) is 4.81. The maximum Gasteiger partial charge on any atom is 0.317 e. The predicted molar refractivity (Wildman–Crippen MR) is 94.1 cm³/mol. The van der Waals surface area contributed by atoms with Crippen LogP contribution in [-0.4, -0.2) is 43.1 Å². The van der Waals surface area contributed by atoms with Crippen molar-refractivity contribution in [2.45, 2.75) is 44.1 Å². The summed E-state index contributed by atoms with van der Waals surface area (Å²) in [4.78, 5) is 26.1. The molecule has 1 aliphatic heterocycles. The van der Waals surface area contributed by atoms with E-state index in [1.165, 1.54) is 12.7 Å². The first-order chi connectivity index (χ1) is 12.1. The van der Waals surface area contributed by atoms with Crippen molar-refractivity contribution >= 4 is 12.0 Å². The molecule has 134 valence electrons. The number of nitrogens with one attached hydrogen (secondary N) is 1. The Hall–Kier alpha value is -2.04. The van der Waals surface area contributed by atoms with Gasteiger partial charge in [0.25, 0.3) is 0 Å². The quantitative estimate of drug-likeness (QED) is 0.859. The zero-order valence-electron chi connectivity index (χ0n) is 14.7. The lowest BCUT2D eigenvalue weighted by atomic mass is 9.76. The van der Waals surface area contributed by atoms with Crippen LogP contribution in [0.25, 0.3) is 0 Å². The van der Waals surface area contributed by atoms with Crippen LogP contribution in [0.5, 0.6) is 0 Å². The molecule has 2 aliphatic carbocycles. The first kappa shape index (κ1) is 16.4. The van der Waals surface area contributed by atoms with Gasteiger partial charge in [0.15, 0.2) is 0 Å². The molecule has 1 aromatic carbocycles. The molecule has 1 spiro atoms. The van der Waals surface area contributed by atoms with Crippen LogP contribution >= 0.6 is 0 Å². The van der Waals surface area contributed by atoms with Gasteiger partial charge in [0.2, 0.25) is 0 Å². The third-order valence-corrected chi connectivity index (χ3v) is 6.46. The highest BCUT2D eigenvalue weighted by Gasteiger charge is 2.59. The number of hydrogen-bond acceptors (Lipinski definition) is 3. The van der Waals surface area contributed by atoms with Crippen molar-refractivity contribution < 1.29 is 14.3 Å². The lowest BCUT2D eigenvalue weighted by Crippen LogP contribution is -2.51. The summed E-state index contributed by atoms with van der Waals surface area (Å²) in [5.74, 6) is 0.545. The van der Waals surface area contributed by atoms with Crippen LogP contribution in [-0.2, 0) is 9.53 Å². The normalized spacial score (nSPS) is 29.6. The fourth-order valence-electron chi connectivity index (χ4n) is 4.53. The van der Waals surface area contributed by atoms with Gasteiger partial charge in [-0.15, -0.1) is 0 Å². The monoisotopic (exact) mass is 342 g/mol. The third-order valence-electron chi connectivity index (χ3n) is 6.46. The number of ether oxygens (including phenoxy) is 1. The smallest absolute Gasteiger partial charge is 0.317 e. The Balaban J connectivity index is 1.21. The fraction of sp³-hybridized carbons (Fsp3) is 0.600. The highest BCUT2D eigenvalue weighted by Crippen LogP contribution is 2.59. The largest absolute Gasteiger partial charge is 0.469 e. The molecular formula is C20H26N2O3. The Morgan fingerprint density at radius 1 is 1.16 bits per heavy atom. The minimum atomic E-state index is -0.0840. The number of esters is 1. The highest BCUT2D eigenvalue weighted by molar-refractivity contribution is 5.77. The van der Waals surface area contributed by atoms with Crippen LogP contribution in [0.2, 0.25) is 0 Å². The fourth-order valence-corrected chi connectivity index (χ4v) is 4.53. The molecule has 3 aliphatic rings. The Kier molecular flexibility index (Phi) is 4.18. The lowest BCUT2D eigenvalue weighted by Gasteiger charge is -2.39. The van der Waals surface area contributed by atoms with Crippen molar-refractivity contribution in [1.29, 1.82) is 0 Å². The molecule has 2 saturated carbocycles. The maximum absolute atomic E-state index is 12.5. The van der Waals surface area contributed by atoms with Crippen molar-refractivity contribution in [3.8, 4) is 0 Å². The molecule has 0 aromatic heterocycles. The van der Waals surface area contributed by atoms with E-state index in [0.29, 0.717) is 5.92 Å². The van der Waals surface area contributed by atoms with Gasteiger partial charge in [-0.25, -0.2) is 4.79 Å². The number of carbonyl (C=O) groups is 2. The van der Waals surface area contributed by atoms with Crippen LogP contribution < -0.4 is 5.32 Å². The third kappa shape index (κ3) is 3.12. The number of methoxy groups -OCH3 is 1. The summed E-state index contributed by atoms with van der Waals surface area (Å²) in [6, 6.07) is 10.9. The van der Waals surface area contributed by atoms with Crippen molar-refractivity contribution in [2.75, 3.05) is 20.2 Å². The molecule has 4 rings (SSSR count). The highest BCUT2D eigenvalue weighted by atomic mass is 16.5. The van der Waals surface area contributed by atoms with Gasteiger partial charge >= 0.3 is 12.0 Å². The number of urea groups is 1. The Labute approximate surface area is 148 Å². The van der Waals surface area contributed by atoms with E-state index in [4.69, 9.17) is 4.74 Å². The standard InChI is InChI=1S/C20H26N2O3/c1-25-18(23)17-13-20(17)7-9-22(10-8-20)19(24)21-16-11-15(12-16)14-5-3-2-4-6-14/h2-6,15-17H,7-13H2,1H3,(H,21,24). The number of nitrogens with zero attached hydrogens (tertiary/aromatic N) is 1. The van der Waals surface area contributed by atoms with Gasteiger partial charge in [-0.1, -0.05) is 30.3 Å². The first-order valence-corrected chi connectivity index (χ1v) is 9.29. The minimum Gasteiger partial charge on any atom is -0.469 e. The van der Waals surface area contributed by atoms with E-state index in [1.807, 2.05) is 11.0 Å². The summed E-state index contributed by atoms with van der Waals surface area (Å²) < 4.78 is 4.87. The van der Waals surface area contributed by atoms with Gasteiger partial charge in [-0.3, -0.25) is 4.79 Å². The summed E-state index contributed by atoms with van der Waals surface area (Å²) in [6.45, 7) is 1.49. The number of benzene rings is 1. The molecule has 0 radical (unpaired) electrons. The zero-order chi connectivity index (χ0) is 17.4. The molecule has 1 heterocycles. The number of rotatable bonds is 3. The molecule has 1 saturated heterocycles. The molecule has 5 nitrogen and oxygen atoms in total. The molecular weight excluding hydrogens is 316 g/mol. The summed E-state index contributed by atoms with van der Waals surface area (Å²) in [7, 11) is 1.46. The Morgan fingerprint density at radius 3 is 2.48 bits per heavy atom. The number of amides is 2. The Morgan fingerprint density at radius 2 is 1.84 bits per heavy atom. The minimum absolute atomic E-state index is 0.0565. The molecule has 1 atom stereocenters. The average Bonchev–Trinajstić information content (AvgIpc) is 3.31. The van der Waals surface area contributed by atoms with Crippen LogP contribution in [0.3, 0.4) is 0 Å². The number of hydrogen-bond donors (Lipinski definition) is 1. The van der Waals surface area contributed by atoms with Gasteiger partial charge in [0.1, 0.15) is 0 Å². The van der Waals surface area contributed by atoms with E-state index >= 15 is 0 Å². The van der Waals surface area contributed by atoms with Gasteiger partial charge in [0, 0.05) is 19.1 Å². The second-order valence-corrected chi connectivity index (χ2v) is 7.85. The van der Waals surface area contributed by atoms with Crippen molar-refractivity contribution in [2.24, 2.45) is 11.3 Å². The van der Waals surface area contributed by atoms with Crippen LogP contribution in [0.15, 0.2) is 30.3 Å².